The van der Waals surface area contributed by atoms with Crippen molar-refractivity contribution in [1.29, 1.82) is 0 Å². The van der Waals surface area contributed by atoms with Gasteiger partial charge in [-0.1, -0.05) is 23.8 Å². The average molecular weight is 488 g/mol. The van der Waals surface area contributed by atoms with Gasteiger partial charge in [-0.3, -0.25) is 14.5 Å². The molecule has 0 spiro atoms. The fourth-order valence-corrected chi connectivity index (χ4v) is 4.96. The van der Waals surface area contributed by atoms with Gasteiger partial charge in [0.15, 0.2) is 5.69 Å². The van der Waals surface area contributed by atoms with Crippen molar-refractivity contribution in [1.82, 2.24) is 25.3 Å². The van der Waals surface area contributed by atoms with Crippen LogP contribution in [0.1, 0.15) is 41.0 Å². The Morgan fingerprint density at radius 2 is 1.81 bits per heavy atom. The molecule has 0 aliphatic carbocycles. The molecule has 2 aliphatic heterocycles. The maximum Gasteiger partial charge on any atom is 0.274 e. The summed E-state index contributed by atoms with van der Waals surface area (Å²) in [5.41, 5.74) is 3.38. The Labute approximate surface area is 210 Å². The number of hydrogen-bond donors (Lipinski definition) is 1. The number of nitrogens with one attached hydrogen (secondary N) is 1. The zero-order valence-corrected chi connectivity index (χ0v) is 20.4. The van der Waals surface area contributed by atoms with Gasteiger partial charge < -0.3 is 10.2 Å². The Bertz CT molecular complexity index is 1300. The average Bonchev–Trinajstić information content (AvgIpc) is 3.31. The molecule has 2 fully saturated rings. The minimum absolute atomic E-state index is 0.0613. The summed E-state index contributed by atoms with van der Waals surface area (Å²) in [6.45, 7) is 5.50. The molecule has 8 heteroatoms. The lowest BCUT2D eigenvalue weighted by molar-refractivity contribution is -0.117. The van der Waals surface area contributed by atoms with E-state index in [1.807, 2.05) is 25.1 Å². The lowest BCUT2D eigenvalue weighted by Crippen LogP contribution is -2.38. The van der Waals surface area contributed by atoms with Gasteiger partial charge in [0.1, 0.15) is 5.82 Å². The summed E-state index contributed by atoms with van der Waals surface area (Å²) in [4.78, 5) is 29.4. The Morgan fingerprint density at radius 3 is 2.58 bits per heavy atom. The maximum atomic E-state index is 13.4. The summed E-state index contributed by atoms with van der Waals surface area (Å²) < 4.78 is 13.4. The molecule has 0 saturated carbocycles. The highest BCUT2D eigenvalue weighted by molar-refractivity contribution is 5.92. The van der Waals surface area contributed by atoms with E-state index in [0.717, 1.165) is 48.1 Å². The molecule has 7 nitrogen and oxygen atoms in total. The van der Waals surface area contributed by atoms with Crippen LogP contribution in [-0.4, -0.2) is 64.0 Å². The van der Waals surface area contributed by atoms with Gasteiger partial charge in [-0.25, -0.2) is 4.39 Å². The van der Waals surface area contributed by atoms with Crippen molar-refractivity contribution >= 4 is 22.6 Å². The van der Waals surface area contributed by atoms with E-state index in [9.17, 15) is 14.0 Å². The van der Waals surface area contributed by atoms with Gasteiger partial charge >= 0.3 is 0 Å². The fourth-order valence-electron chi connectivity index (χ4n) is 4.96. The van der Waals surface area contributed by atoms with Crippen LogP contribution in [0, 0.1) is 12.7 Å². The smallest absolute Gasteiger partial charge is 0.274 e. The van der Waals surface area contributed by atoms with Crippen LogP contribution in [0.5, 0.6) is 0 Å². The standard InChI is InChI=1S/C28H30FN5O2/c1-19-2-7-26(32-31-19)28(36)34-12-8-20(9-13-34)15-27(35)30-25-10-11-33(18-25)17-21-3-4-23-16-24(29)6-5-22(23)14-21/h2-7,14-16,25H,8-13,17-18H2,1H3,(H,30,35)/t25-/m1/s1. The molecular weight excluding hydrogens is 457 g/mol. The second-order valence-corrected chi connectivity index (χ2v) is 9.71. The molecule has 186 valence electrons. The number of carbonyl (C=O) groups excluding carboxylic acids is 2. The highest BCUT2D eigenvalue weighted by Gasteiger charge is 2.25. The molecule has 2 aliphatic rings. The third kappa shape index (κ3) is 5.76. The second kappa shape index (κ2) is 10.5. The van der Waals surface area contributed by atoms with E-state index in [0.29, 0.717) is 31.6 Å². The van der Waals surface area contributed by atoms with Gasteiger partial charge in [-0.15, -0.1) is 5.10 Å². The molecule has 2 saturated heterocycles. The van der Waals surface area contributed by atoms with Crippen molar-refractivity contribution in [3.05, 3.63) is 82.9 Å². The molecule has 2 amide bonds. The van der Waals surface area contributed by atoms with Gasteiger partial charge in [0.25, 0.3) is 5.91 Å². The summed E-state index contributed by atoms with van der Waals surface area (Å²) in [5.74, 6) is -0.399. The third-order valence-corrected chi connectivity index (χ3v) is 6.94. The molecule has 3 heterocycles. The second-order valence-electron chi connectivity index (χ2n) is 9.71. The molecular formula is C28H30FN5O2. The van der Waals surface area contributed by atoms with Crippen molar-refractivity contribution in [2.75, 3.05) is 26.2 Å². The van der Waals surface area contributed by atoms with Crippen LogP contribution in [0.15, 0.2) is 60.2 Å². The van der Waals surface area contributed by atoms with E-state index in [4.69, 9.17) is 0 Å². The number of aryl methyl sites for hydroxylation is 1. The minimum atomic E-state index is -0.223. The van der Waals surface area contributed by atoms with E-state index in [-0.39, 0.29) is 23.7 Å². The molecule has 3 aromatic rings. The summed E-state index contributed by atoms with van der Waals surface area (Å²) in [6.07, 6.45) is 3.98. The van der Waals surface area contributed by atoms with E-state index in [2.05, 4.69) is 26.5 Å². The normalized spacial score (nSPS) is 18.4. The van der Waals surface area contributed by atoms with E-state index < -0.39 is 0 Å². The number of benzene rings is 2. The van der Waals surface area contributed by atoms with E-state index in [1.54, 1.807) is 29.2 Å². The first-order valence-electron chi connectivity index (χ1n) is 12.4. The van der Waals surface area contributed by atoms with Crippen LogP contribution in [0.4, 0.5) is 4.39 Å². The van der Waals surface area contributed by atoms with Gasteiger partial charge in [0, 0.05) is 44.8 Å². The Kier molecular flexibility index (Phi) is 7.04. The number of likely N-dealkylation sites (tertiary alicyclic amines) is 2. The molecule has 0 bridgehead atoms. The van der Waals surface area contributed by atoms with E-state index in [1.165, 1.54) is 11.6 Å². The zero-order chi connectivity index (χ0) is 25.1. The van der Waals surface area contributed by atoms with Crippen LogP contribution < -0.4 is 5.32 Å². The molecule has 0 radical (unpaired) electrons. The number of amides is 2. The number of piperidine rings is 1. The van der Waals surface area contributed by atoms with Gasteiger partial charge in [-0.2, -0.15) is 5.10 Å². The van der Waals surface area contributed by atoms with Crippen molar-refractivity contribution in [3.63, 3.8) is 0 Å². The third-order valence-electron chi connectivity index (χ3n) is 6.94. The summed E-state index contributed by atoms with van der Waals surface area (Å²) in [5, 5.41) is 13.0. The van der Waals surface area contributed by atoms with Crippen molar-refractivity contribution < 1.29 is 14.0 Å². The summed E-state index contributed by atoms with van der Waals surface area (Å²) in [7, 11) is 0. The predicted molar refractivity (Wildman–Crippen MR) is 136 cm³/mol. The largest absolute Gasteiger partial charge is 0.348 e. The number of rotatable bonds is 5. The Morgan fingerprint density at radius 1 is 1.03 bits per heavy atom. The molecule has 2 aromatic carbocycles. The molecule has 36 heavy (non-hydrogen) atoms. The molecule has 1 aromatic heterocycles. The van der Waals surface area contributed by atoms with Gasteiger partial charge in [0.05, 0.1) is 5.69 Å². The lowest BCUT2D eigenvalue weighted by Gasteiger charge is -2.28. The van der Waals surface area contributed by atoms with Crippen LogP contribution in [0.3, 0.4) is 0 Å². The number of halogens is 1. The monoisotopic (exact) mass is 487 g/mol. The van der Waals surface area contributed by atoms with Crippen molar-refractivity contribution in [2.45, 2.75) is 38.8 Å². The molecule has 0 unspecified atom stereocenters. The number of nitrogens with zero attached hydrogens (tertiary/aromatic N) is 4. The van der Waals surface area contributed by atoms with E-state index >= 15 is 0 Å². The molecule has 5 rings (SSSR count). The minimum Gasteiger partial charge on any atom is -0.348 e. The maximum absolute atomic E-state index is 13.4. The predicted octanol–water partition coefficient (Wildman–Crippen LogP) is 3.63. The Hall–Kier alpha value is -3.65. The molecule has 1 N–H and O–H groups in total. The van der Waals surface area contributed by atoms with Gasteiger partial charge in [0.2, 0.25) is 5.91 Å². The Balaban J connectivity index is 1.09. The summed E-state index contributed by atoms with van der Waals surface area (Å²) >= 11 is 0. The fraction of sp³-hybridized carbons (Fsp3) is 0.357. The van der Waals surface area contributed by atoms with Crippen LogP contribution >= 0.6 is 0 Å². The number of fused-ring (bicyclic) bond motifs is 1. The summed E-state index contributed by atoms with van der Waals surface area (Å²) in [6, 6.07) is 14.6. The first kappa shape index (κ1) is 24.1. The number of carbonyl (C=O) groups is 2. The van der Waals surface area contributed by atoms with Crippen molar-refractivity contribution in [2.24, 2.45) is 0 Å². The highest BCUT2D eigenvalue weighted by Crippen LogP contribution is 2.21. The lowest BCUT2D eigenvalue weighted by atomic mass is 10.0. The first-order valence-corrected chi connectivity index (χ1v) is 12.4. The van der Waals surface area contributed by atoms with Crippen LogP contribution in [0.2, 0.25) is 0 Å². The van der Waals surface area contributed by atoms with Gasteiger partial charge in [-0.05, 0) is 72.9 Å². The van der Waals surface area contributed by atoms with Crippen molar-refractivity contribution in [3.8, 4) is 0 Å². The SMILES string of the molecule is Cc1ccc(C(=O)N2CCC(=CC(=O)N[C@@H]3CCN(Cc4ccc5cc(F)ccc5c4)C3)CC2)nn1. The van der Waals surface area contributed by atoms with Crippen LogP contribution in [0.25, 0.3) is 10.8 Å². The number of hydrogen-bond acceptors (Lipinski definition) is 5. The molecule has 1 atom stereocenters. The van der Waals surface area contributed by atoms with Crippen LogP contribution in [-0.2, 0) is 11.3 Å². The number of aromatic nitrogens is 2. The first-order chi connectivity index (χ1) is 17.4. The zero-order valence-electron chi connectivity index (χ0n) is 20.4. The quantitative estimate of drug-likeness (QED) is 0.556. The topological polar surface area (TPSA) is 78.4 Å². The highest BCUT2D eigenvalue weighted by atomic mass is 19.1.